The largest absolute Gasteiger partial charge is 0.493 e. The van der Waals surface area contributed by atoms with Crippen molar-refractivity contribution in [2.24, 2.45) is 5.41 Å². The fraction of sp³-hybridized carbons (Fsp3) is 0.350. The Labute approximate surface area is 152 Å². The maximum atomic E-state index is 12.8. The Balaban J connectivity index is 1.88. The first-order valence-electron chi connectivity index (χ1n) is 8.37. The molecule has 3 rings (SSSR count). The number of aliphatic hydroxyl groups excluding tert-OH is 1. The predicted octanol–water partition coefficient (Wildman–Crippen LogP) is 2.82. The Morgan fingerprint density at radius 1 is 1.12 bits per heavy atom. The van der Waals surface area contributed by atoms with Crippen molar-refractivity contribution in [2.75, 3.05) is 33.3 Å². The van der Waals surface area contributed by atoms with Crippen molar-refractivity contribution in [3.63, 3.8) is 0 Å². The molecule has 2 atom stereocenters. The van der Waals surface area contributed by atoms with Crippen molar-refractivity contribution in [2.45, 2.75) is 12.3 Å². The molecule has 0 spiro atoms. The van der Waals surface area contributed by atoms with Crippen LogP contribution >= 0.6 is 0 Å². The van der Waals surface area contributed by atoms with Crippen molar-refractivity contribution in [1.82, 2.24) is 0 Å². The number of hydrogen-bond acceptors (Lipinski definition) is 5. The van der Waals surface area contributed by atoms with Crippen molar-refractivity contribution >= 4 is 11.6 Å². The van der Waals surface area contributed by atoms with E-state index in [1.54, 1.807) is 21.3 Å². The number of benzene rings is 2. The molecule has 0 aliphatic heterocycles. The Bertz CT molecular complexity index is 767. The Morgan fingerprint density at radius 3 is 2.23 bits per heavy atom. The van der Waals surface area contributed by atoms with E-state index in [4.69, 9.17) is 14.2 Å². The predicted molar refractivity (Wildman–Crippen MR) is 98.0 cm³/mol. The van der Waals surface area contributed by atoms with Crippen LogP contribution in [0, 0.1) is 5.41 Å². The third-order valence-corrected chi connectivity index (χ3v) is 4.93. The molecular weight excluding hydrogens is 334 g/mol. The van der Waals surface area contributed by atoms with Gasteiger partial charge in [-0.2, -0.15) is 0 Å². The number of rotatable bonds is 7. The van der Waals surface area contributed by atoms with Crippen LogP contribution in [0.5, 0.6) is 17.2 Å². The van der Waals surface area contributed by atoms with Crippen LogP contribution in [0.1, 0.15) is 17.9 Å². The maximum absolute atomic E-state index is 12.8. The van der Waals surface area contributed by atoms with Gasteiger partial charge in [0.1, 0.15) is 0 Å². The van der Waals surface area contributed by atoms with Gasteiger partial charge in [-0.3, -0.25) is 4.79 Å². The molecule has 6 heteroatoms. The van der Waals surface area contributed by atoms with E-state index in [-0.39, 0.29) is 18.4 Å². The van der Waals surface area contributed by atoms with Crippen LogP contribution < -0.4 is 19.5 Å². The number of nitrogens with one attached hydrogen (secondary N) is 1. The molecule has 0 heterocycles. The summed E-state index contributed by atoms with van der Waals surface area (Å²) in [4.78, 5) is 12.8. The van der Waals surface area contributed by atoms with E-state index >= 15 is 0 Å². The summed E-state index contributed by atoms with van der Waals surface area (Å²) in [5.74, 6) is 1.26. The zero-order valence-electron chi connectivity index (χ0n) is 15.1. The molecule has 1 fully saturated rings. The van der Waals surface area contributed by atoms with Gasteiger partial charge in [-0.25, -0.2) is 0 Å². The maximum Gasteiger partial charge on any atom is 0.233 e. The van der Waals surface area contributed by atoms with Crippen molar-refractivity contribution in [1.29, 1.82) is 0 Å². The lowest BCUT2D eigenvalue weighted by Gasteiger charge is -2.17. The van der Waals surface area contributed by atoms with Gasteiger partial charge in [0.15, 0.2) is 11.5 Å². The van der Waals surface area contributed by atoms with Gasteiger partial charge >= 0.3 is 0 Å². The average molecular weight is 357 g/mol. The lowest BCUT2D eigenvalue weighted by molar-refractivity contribution is -0.122. The highest BCUT2D eigenvalue weighted by Crippen LogP contribution is 2.61. The summed E-state index contributed by atoms with van der Waals surface area (Å²) in [5.41, 5.74) is 0.734. The molecule has 0 unspecified atom stereocenters. The second kappa shape index (κ2) is 7.25. The molecule has 1 aliphatic rings. The van der Waals surface area contributed by atoms with E-state index in [2.05, 4.69) is 5.32 Å². The highest BCUT2D eigenvalue weighted by Gasteiger charge is 2.60. The lowest BCUT2D eigenvalue weighted by Crippen LogP contribution is -2.29. The van der Waals surface area contributed by atoms with Crippen molar-refractivity contribution < 1.29 is 24.1 Å². The number of ether oxygens (including phenoxy) is 3. The summed E-state index contributed by atoms with van der Waals surface area (Å²) in [6, 6.07) is 12.9. The van der Waals surface area contributed by atoms with Crippen molar-refractivity contribution in [3.8, 4) is 17.2 Å². The molecule has 2 aromatic carbocycles. The standard InChI is InChI=1S/C20H23NO5/c1-24-16-9-13(10-17(25-2)18(16)26-3)15-11-20(15,12-22)19(23)21-14-7-5-4-6-8-14/h4-10,15,22H,11-12H2,1-3H3,(H,21,23)/t15-,20+/m1/s1. The molecule has 0 aromatic heterocycles. The van der Waals surface area contributed by atoms with E-state index in [9.17, 15) is 9.90 Å². The summed E-state index contributed by atoms with van der Waals surface area (Å²) in [5, 5.41) is 12.8. The quantitative estimate of drug-likeness (QED) is 0.797. The minimum atomic E-state index is -0.847. The molecule has 2 N–H and O–H groups in total. The van der Waals surface area contributed by atoms with E-state index in [1.807, 2.05) is 42.5 Å². The third-order valence-electron chi connectivity index (χ3n) is 4.93. The minimum Gasteiger partial charge on any atom is -0.493 e. The molecular formula is C20H23NO5. The van der Waals surface area contributed by atoms with Crippen molar-refractivity contribution in [3.05, 3.63) is 48.0 Å². The molecule has 1 amide bonds. The first-order chi connectivity index (χ1) is 12.6. The molecule has 26 heavy (non-hydrogen) atoms. The number of para-hydroxylation sites is 1. The number of aliphatic hydroxyl groups is 1. The van der Waals surface area contributed by atoms with Gasteiger partial charge in [-0.1, -0.05) is 18.2 Å². The topological polar surface area (TPSA) is 77.0 Å². The summed E-state index contributed by atoms with van der Waals surface area (Å²) in [6.07, 6.45) is 0.556. The van der Waals surface area contributed by atoms with Crippen LogP contribution in [0.15, 0.2) is 42.5 Å². The van der Waals surface area contributed by atoms with Crippen LogP contribution in [0.2, 0.25) is 0 Å². The zero-order valence-corrected chi connectivity index (χ0v) is 15.1. The van der Waals surface area contributed by atoms with Crippen LogP contribution in [0.25, 0.3) is 0 Å². The summed E-state index contributed by atoms with van der Waals surface area (Å²) in [7, 11) is 4.65. The van der Waals surface area contributed by atoms with Crippen LogP contribution in [0.4, 0.5) is 5.69 Å². The number of carbonyl (C=O) groups is 1. The number of carbonyl (C=O) groups excluding carboxylic acids is 1. The second-order valence-corrected chi connectivity index (χ2v) is 6.35. The molecule has 1 saturated carbocycles. The van der Waals surface area contributed by atoms with Gasteiger partial charge in [0, 0.05) is 11.6 Å². The monoisotopic (exact) mass is 357 g/mol. The molecule has 6 nitrogen and oxygen atoms in total. The van der Waals surface area contributed by atoms with Crippen LogP contribution in [-0.4, -0.2) is 38.9 Å². The van der Waals surface area contributed by atoms with Gasteiger partial charge < -0.3 is 24.6 Å². The fourth-order valence-electron chi connectivity index (χ4n) is 3.32. The summed E-state index contributed by atoms with van der Waals surface area (Å²) < 4.78 is 16.1. The third kappa shape index (κ3) is 3.08. The smallest absolute Gasteiger partial charge is 0.233 e. The number of amides is 1. The molecule has 2 aromatic rings. The van der Waals surface area contributed by atoms with Crippen LogP contribution in [0.3, 0.4) is 0 Å². The molecule has 0 saturated heterocycles. The zero-order chi connectivity index (χ0) is 18.7. The number of hydrogen-bond donors (Lipinski definition) is 2. The Morgan fingerprint density at radius 2 is 1.73 bits per heavy atom. The SMILES string of the molecule is COc1cc([C@H]2C[C@@]2(CO)C(=O)Nc2ccccc2)cc(OC)c1OC. The highest BCUT2D eigenvalue weighted by atomic mass is 16.5. The van der Waals surface area contributed by atoms with Gasteiger partial charge in [-0.15, -0.1) is 0 Å². The molecule has 1 aliphatic carbocycles. The Hall–Kier alpha value is -2.73. The average Bonchev–Trinajstić information content (AvgIpc) is 3.43. The number of methoxy groups -OCH3 is 3. The normalized spacial score (nSPS) is 21.0. The van der Waals surface area contributed by atoms with Gasteiger partial charge in [0.25, 0.3) is 0 Å². The van der Waals surface area contributed by atoms with Crippen LogP contribution in [-0.2, 0) is 4.79 Å². The molecule has 0 bridgehead atoms. The molecule has 138 valence electrons. The first kappa shape index (κ1) is 18.1. The Kier molecular flexibility index (Phi) is 5.04. The number of anilines is 1. The summed E-state index contributed by atoms with van der Waals surface area (Å²) in [6.45, 7) is -0.229. The highest BCUT2D eigenvalue weighted by molar-refractivity contribution is 5.98. The van der Waals surface area contributed by atoms with Gasteiger partial charge in [-0.05, 0) is 36.2 Å². The van der Waals surface area contributed by atoms with E-state index < -0.39 is 5.41 Å². The van der Waals surface area contributed by atoms with Gasteiger partial charge in [0.05, 0.1) is 33.4 Å². The van der Waals surface area contributed by atoms with E-state index in [1.165, 1.54) is 0 Å². The minimum absolute atomic E-state index is 0.120. The summed E-state index contributed by atoms with van der Waals surface area (Å²) >= 11 is 0. The molecule has 0 radical (unpaired) electrons. The second-order valence-electron chi connectivity index (χ2n) is 6.35. The first-order valence-corrected chi connectivity index (χ1v) is 8.37. The van der Waals surface area contributed by atoms with E-state index in [0.29, 0.717) is 29.4 Å². The lowest BCUT2D eigenvalue weighted by atomic mass is 9.98. The van der Waals surface area contributed by atoms with E-state index in [0.717, 1.165) is 5.56 Å². The van der Waals surface area contributed by atoms with Gasteiger partial charge in [0.2, 0.25) is 11.7 Å². The fourth-order valence-corrected chi connectivity index (χ4v) is 3.32.